The van der Waals surface area contributed by atoms with Gasteiger partial charge in [0.25, 0.3) is 0 Å². The molecule has 1 aromatic rings. The summed E-state index contributed by atoms with van der Waals surface area (Å²) in [5, 5.41) is 22.4. The van der Waals surface area contributed by atoms with Crippen LogP contribution in [0.25, 0.3) is 0 Å². The van der Waals surface area contributed by atoms with Gasteiger partial charge in [-0.2, -0.15) is 0 Å². The Balaban J connectivity index is 1.62. The van der Waals surface area contributed by atoms with Crippen LogP contribution in [0.4, 0.5) is 0 Å². The van der Waals surface area contributed by atoms with E-state index < -0.39 is 5.60 Å². The smallest absolute Gasteiger partial charge is 0.165 e. The summed E-state index contributed by atoms with van der Waals surface area (Å²) < 4.78 is 12.6. The van der Waals surface area contributed by atoms with Crippen molar-refractivity contribution >= 4 is 5.71 Å². The Morgan fingerprint density at radius 3 is 2.55 bits per heavy atom. The zero-order valence-corrected chi connectivity index (χ0v) is 19.7. The Morgan fingerprint density at radius 1 is 1.23 bits per heavy atom. The van der Waals surface area contributed by atoms with Crippen LogP contribution >= 0.6 is 0 Å². The van der Waals surface area contributed by atoms with Crippen LogP contribution in [-0.4, -0.2) is 47.4 Å². The zero-order valence-electron chi connectivity index (χ0n) is 19.7. The first-order valence-electron chi connectivity index (χ1n) is 11.8. The molecule has 4 unspecified atom stereocenters. The number of methoxy groups -OCH3 is 1. The Morgan fingerprint density at radius 2 is 1.94 bits per heavy atom. The van der Waals surface area contributed by atoms with Crippen LogP contribution in [0.1, 0.15) is 64.5 Å². The third-order valence-corrected chi connectivity index (χ3v) is 9.01. The highest BCUT2D eigenvalue weighted by atomic mass is 16.5. The number of rotatable bonds is 4. The fraction of sp³-hybridized carbons (Fsp3) is 0.731. The van der Waals surface area contributed by atoms with Gasteiger partial charge in [0.05, 0.1) is 11.0 Å². The fourth-order valence-corrected chi connectivity index (χ4v) is 6.43. The number of aromatic hydroxyl groups is 1. The second kappa shape index (κ2) is 6.71. The molecule has 4 aliphatic rings. The molecule has 0 radical (unpaired) electrons. The summed E-state index contributed by atoms with van der Waals surface area (Å²) in [7, 11) is 1.73. The van der Waals surface area contributed by atoms with Gasteiger partial charge in [-0.25, -0.2) is 0 Å². The second-order valence-electron chi connectivity index (χ2n) is 11.6. The molecule has 1 spiro atoms. The fourth-order valence-electron chi connectivity index (χ4n) is 6.43. The zero-order chi connectivity index (χ0) is 22.3. The van der Waals surface area contributed by atoms with E-state index in [1.165, 1.54) is 18.6 Å². The van der Waals surface area contributed by atoms with Crippen LogP contribution in [0, 0.1) is 30.1 Å². The standard InChI is InChI=1S/C26H37NO4/c1-14-7-10-19(28)22-20(14)26-12-18(27-13-15-8-9-15)16(26)11-17(21(30-6)23(26)31-22)25(5,29)24(2,3)4/h7,10,15-17,21,23,28-29H,8-9,11-13H2,1-6H3/t16?,17?,21?,23-,25?,26-/m0/s1. The minimum atomic E-state index is -0.938. The molecule has 0 aromatic heterocycles. The summed E-state index contributed by atoms with van der Waals surface area (Å²) in [6.07, 6.45) is 3.76. The number of nitrogens with zero attached hydrogens (tertiary/aromatic N) is 1. The molecule has 2 N–H and O–H groups in total. The van der Waals surface area contributed by atoms with E-state index in [1.54, 1.807) is 13.2 Å². The van der Waals surface area contributed by atoms with E-state index in [2.05, 4.69) is 27.7 Å². The van der Waals surface area contributed by atoms with Gasteiger partial charge in [-0.15, -0.1) is 0 Å². The van der Waals surface area contributed by atoms with E-state index in [1.807, 2.05) is 13.0 Å². The number of phenolic OH excluding ortho intramolecular Hbond substituents is 1. The van der Waals surface area contributed by atoms with Gasteiger partial charge < -0.3 is 19.7 Å². The van der Waals surface area contributed by atoms with Gasteiger partial charge in [-0.1, -0.05) is 26.8 Å². The first-order valence-corrected chi connectivity index (χ1v) is 11.8. The molecule has 170 valence electrons. The predicted octanol–water partition coefficient (Wildman–Crippen LogP) is 4.40. The molecule has 1 aliphatic heterocycles. The van der Waals surface area contributed by atoms with Gasteiger partial charge in [0, 0.05) is 36.8 Å². The van der Waals surface area contributed by atoms with Gasteiger partial charge in [-0.3, -0.25) is 4.99 Å². The summed E-state index contributed by atoms with van der Waals surface area (Å²) in [5.74, 6) is 1.67. The molecule has 6 atom stereocenters. The van der Waals surface area contributed by atoms with Crippen LogP contribution in [0.2, 0.25) is 0 Å². The van der Waals surface area contributed by atoms with Crippen LogP contribution in [-0.2, 0) is 10.2 Å². The summed E-state index contributed by atoms with van der Waals surface area (Å²) in [5.41, 5.74) is 2.06. The molecule has 0 saturated heterocycles. The SMILES string of the molecule is COC1C(C(C)(O)C(C)(C)C)CC2C(=NCC3CC3)C[C@@]23c2c(C)ccc(O)c2O[C@@H]13. The van der Waals surface area contributed by atoms with Crippen LogP contribution in [0.5, 0.6) is 11.5 Å². The van der Waals surface area contributed by atoms with Gasteiger partial charge in [0.2, 0.25) is 0 Å². The molecule has 3 saturated carbocycles. The lowest BCUT2D eigenvalue weighted by molar-refractivity contribution is -0.189. The number of aliphatic imine (C=N–C) groups is 1. The summed E-state index contributed by atoms with van der Waals surface area (Å²) in [6.45, 7) is 11.2. The van der Waals surface area contributed by atoms with Crippen molar-refractivity contribution in [1.29, 1.82) is 0 Å². The van der Waals surface area contributed by atoms with E-state index in [-0.39, 0.29) is 40.6 Å². The quantitative estimate of drug-likeness (QED) is 0.747. The van der Waals surface area contributed by atoms with E-state index in [9.17, 15) is 10.2 Å². The third kappa shape index (κ3) is 2.85. The van der Waals surface area contributed by atoms with Crippen molar-refractivity contribution in [2.24, 2.45) is 28.2 Å². The third-order valence-electron chi connectivity index (χ3n) is 9.01. The highest BCUT2D eigenvalue weighted by Gasteiger charge is 2.71. The number of aryl methyl sites for hydroxylation is 1. The lowest BCUT2D eigenvalue weighted by Gasteiger charge is -2.61. The van der Waals surface area contributed by atoms with Crippen molar-refractivity contribution < 1.29 is 19.7 Å². The molecule has 0 amide bonds. The normalized spacial score (nSPS) is 37.3. The highest BCUT2D eigenvalue weighted by molar-refractivity contribution is 5.98. The number of hydrogen-bond acceptors (Lipinski definition) is 5. The number of ether oxygens (including phenoxy) is 2. The largest absolute Gasteiger partial charge is 0.504 e. The molecule has 31 heavy (non-hydrogen) atoms. The van der Waals surface area contributed by atoms with Gasteiger partial charge in [-0.05, 0) is 62.5 Å². The Hall–Kier alpha value is -1.59. The summed E-state index contributed by atoms with van der Waals surface area (Å²) in [4.78, 5) is 5.06. The highest BCUT2D eigenvalue weighted by Crippen LogP contribution is 2.66. The van der Waals surface area contributed by atoms with E-state index >= 15 is 0 Å². The summed E-state index contributed by atoms with van der Waals surface area (Å²) >= 11 is 0. The molecule has 3 fully saturated rings. The average molecular weight is 428 g/mol. The maximum atomic E-state index is 11.7. The lowest BCUT2D eigenvalue weighted by Crippen LogP contribution is -2.70. The number of fused-ring (bicyclic) bond motifs is 1. The number of benzene rings is 1. The molecule has 1 aromatic carbocycles. The average Bonchev–Trinajstić information content (AvgIpc) is 3.43. The Bertz CT molecular complexity index is 926. The molecular formula is C26H37NO4. The van der Waals surface area contributed by atoms with Crippen molar-refractivity contribution in [3.8, 4) is 11.5 Å². The molecular weight excluding hydrogens is 390 g/mol. The van der Waals surface area contributed by atoms with Crippen molar-refractivity contribution in [3.63, 3.8) is 0 Å². The Kier molecular flexibility index (Phi) is 4.60. The molecule has 1 heterocycles. The minimum absolute atomic E-state index is 0.0937. The van der Waals surface area contributed by atoms with Crippen LogP contribution < -0.4 is 4.74 Å². The first-order chi connectivity index (χ1) is 14.5. The van der Waals surface area contributed by atoms with Gasteiger partial charge >= 0.3 is 0 Å². The van der Waals surface area contributed by atoms with E-state index in [0.29, 0.717) is 5.75 Å². The first kappa shape index (κ1) is 21.3. The predicted molar refractivity (Wildman–Crippen MR) is 121 cm³/mol. The van der Waals surface area contributed by atoms with Crippen molar-refractivity contribution in [1.82, 2.24) is 0 Å². The number of phenols is 1. The monoisotopic (exact) mass is 427 g/mol. The second-order valence-corrected chi connectivity index (χ2v) is 11.6. The van der Waals surface area contributed by atoms with E-state index in [4.69, 9.17) is 14.5 Å². The van der Waals surface area contributed by atoms with Crippen molar-refractivity contribution in [3.05, 3.63) is 23.3 Å². The topological polar surface area (TPSA) is 71.3 Å². The van der Waals surface area contributed by atoms with Crippen LogP contribution in [0.15, 0.2) is 17.1 Å². The number of hydrogen-bond donors (Lipinski definition) is 2. The Labute approximate surface area is 185 Å². The molecule has 5 heteroatoms. The molecule has 5 rings (SSSR count). The van der Waals surface area contributed by atoms with Crippen LogP contribution in [0.3, 0.4) is 0 Å². The number of aliphatic hydroxyl groups is 1. The minimum Gasteiger partial charge on any atom is -0.504 e. The van der Waals surface area contributed by atoms with E-state index in [0.717, 1.165) is 36.4 Å². The summed E-state index contributed by atoms with van der Waals surface area (Å²) in [6, 6.07) is 3.72. The van der Waals surface area contributed by atoms with Gasteiger partial charge in [0.15, 0.2) is 11.5 Å². The lowest BCUT2D eigenvalue weighted by atomic mass is 9.44. The van der Waals surface area contributed by atoms with Crippen molar-refractivity contribution in [2.75, 3.05) is 13.7 Å². The maximum Gasteiger partial charge on any atom is 0.165 e. The van der Waals surface area contributed by atoms with Gasteiger partial charge in [0.1, 0.15) is 12.2 Å². The molecule has 5 nitrogen and oxygen atoms in total. The maximum absolute atomic E-state index is 11.7. The van der Waals surface area contributed by atoms with Crippen molar-refractivity contribution in [2.45, 2.75) is 83.5 Å². The molecule has 0 bridgehead atoms. The molecule has 3 aliphatic carbocycles.